The van der Waals surface area contributed by atoms with Crippen LogP contribution in [0.3, 0.4) is 0 Å². The van der Waals surface area contributed by atoms with E-state index in [4.69, 9.17) is 5.11 Å². The maximum atomic E-state index is 12.7. The van der Waals surface area contributed by atoms with Gasteiger partial charge in [0.2, 0.25) is 5.91 Å². The topological polar surface area (TPSA) is 95.5 Å². The molecule has 114 valence electrons. The van der Waals surface area contributed by atoms with Gasteiger partial charge in [0.15, 0.2) is 0 Å². The van der Waals surface area contributed by atoms with Crippen LogP contribution in [-0.2, 0) is 16.0 Å². The summed E-state index contributed by atoms with van der Waals surface area (Å²) in [6.07, 6.45) is 0.572. The van der Waals surface area contributed by atoms with E-state index >= 15 is 0 Å². The Balaban J connectivity index is 2.17. The highest BCUT2D eigenvalue weighted by atomic mass is 19.1. The Bertz CT molecular complexity index is 502. The third kappa shape index (κ3) is 7.66. The van der Waals surface area contributed by atoms with Crippen LogP contribution in [0.4, 0.5) is 9.18 Å². The van der Waals surface area contributed by atoms with Crippen molar-refractivity contribution in [3.8, 4) is 0 Å². The summed E-state index contributed by atoms with van der Waals surface area (Å²) in [6, 6.07) is 5.28. The number of carboxylic acids is 1. The molecule has 0 saturated carbocycles. The van der Waals surface area contributed by atoms with Gasteiger partial charge in [-0.15, -0.1) is 0 Å². The van der Waals surface area contributed by atoms with E-state index < -0.39 is 17.9 Å². The number of halogens is 1. The maximum absolute atomic E-state index is 12.7. The number of carboxylic acid groups (broad SMARTS) is 1. The molecular weight excluding hydrogens is 279 g/mol. The van der Waals surface area contributed by atoms with E-state index in [1.54, 1.807) is 12.1 Å². The Hall–Kier alpha value is -2.44. The summed E-state index contributed by atoms with van der Waals surface area (Å²) >= 11 is 0. The number of rotatable bonds is 7. The van der Waals surface area contributed by atoms with E-state index in [0.29, 0.717) is 13.0 Å². The van der Waals surface area contributed by atoms with Crippen molar-refractivity contribution in [2.75, 3.05) is 6.54 Å². The second-order valence-electron chi connectivity index (χ2n) is 4.43. The van der Waals surface area contributed by atoms with E-state index in [1.165, 1.54) is 12.1 Å². The summed E-state index contributed by atoms with van der Waals surface area (Å²) in [5, 5.41) is 13.0. The summed E-state index contributed by atoms with van der Waals surface area (Å²) in [4.78, 5) is 32.9. The predicted octanol–water partition coefficient (Wildman–Crippen LogP) is 1.45. The number of nitrogens with one attached hydrogen (secondary N) is 2. The zero-order valence-corrected chi connectivity index (χ0v) is 11.4. The molecule has 0 fully saturated rings. The maximum Gasteiger partial charge on any atom is 0.321 e. The van der Waals surface area contributed by atoms with Crippen LogP contribution in [0.15, 0.2) is 24.3 Å². The number of aliphatic carboxylic acids is 1. The molecule has 1 aromatic rings. The van der Waals surface area contributed by atoms with E-state index in [1.807, 2.05) is 0 Å². The van der Waals surface area contributed by atoms with Gasteiger partial charge in [0.25, 0.3) is 0 Å². The molecule has 0 unspecified atom stereocenters. The minimum atomic E-state index is -0.980. The van der Waals surface area contributed by atoms with Crippen LogP contribution in [-0.4, -0.2) is 29.6 Å². The van der Waals surface area contributed by atoms with Crippen molar-refractivity contribution >= 4 is 17.9 Å². The minimum Gasteiger partial charge on any atom is -0.481 e. The van der Waals surface area contributed by atoms with Crippen molar-refractivity contribution in [3.63, 3.8) is 0 Å². The normalized spacial score (nSPS) is 9.95. The molecule has 0 spiro atoms. The number of urea groups is 1. The minimum absolute atomic E-state index is 0.0162. The van der Waals surface area contributed by atoms with Crippen molar-refractivity contribution in [1.29, 1.82) is 0 Å². The van der Waals surface area contributed by atoms with Crippen molar-refractivity contribution < 1.29 is 23.9 Å². The van der Waals surface area contributed by atoms with Crippen LogP contribution in [0.25, 0.3) is 0 Å². The largest absolute Gasteiger partial charge is 0.481 e. The van der Waals surface area contributed by atoms with Gasteiger partial charge in [-0.05, 0) is 30.5 Å². The van der Waals surface area contributed by atoms with Crippen LogP contribution in [0.5, 0.6) is 0 Å². The molecule has 0 bridgehead atoms. The van der Waals surface area contributed by atoms with Crippen LogP contribution < -0.4 is 10.6 Å². The highest BCUT2D eigenvalue weighted by Gasteiger charge is 2.08. The molecule has 0 aliphatic carbocycles. The fourth-order valence-electron chi connectivity index (χ4n) is 1.60. The lowest BCUT2D eigenvalue weighted by atomic mass is 10.1. The Labute approximate surface area is 121 Å². The highest BCUT2D eigenvalue weighted by Crippen LogP contribution is 2.02. The summed E-state index contributed by atoms with van der Waals surface area (Å²) in [6.45, 7) is 0.305. The Kier molecular flexibility index (Phi) is 6.86. The average molecular weight is 296 g/mol. The lowest BCUT2D eigenvalue weighted by Gasteiger charge is -2.06. The smallest absolute Gasteiger partial charge is 0.321 e. The second kappa shape index (κ2) is 8.68. The van der Waals surface area contributed by atoms with Gasteiger partial charge in [0, 0.05) is 19.4 Å². The molecule has 0 aliphatic rings. The third-order valence-electron chi connectivity index (χ3n) is 2.66. The number of benzene rings is 1. The zero-order valence-electron chi connectivity index (χ0n) is 11.4. The predicted molar refractivity (Wildman–Crippen MR) is 73.1 cm³/mol. The summed E-state index contributed by atoms with van der Waals surface area (Å²) < 4.78 is 12.7. The Morgan fingerprint density at radius 2 is 1.76 bits per heavy atom. The average Bonchev–Trinajstić information content (AvgIpc) is 2.40. The molecule has 21 heavy (non-hydrogen) atoms. The van der Waals surface area contributed by atoms with E-state index in [0.717, 1.165) is 5.56 Å². The van der Waals surface area contributed by atoms with Crippen molar-refractivity contribution in [1.82, 2.24) is 10.6 Å². The number of carbonyl (C=O) groups excluding carboxylic acids is 2. The van der Waals surface area contributed by atoms with Crippen molar-refractivity contribution in [2.24, 2.45) is 0 Å². The fourth-order valence-corrected chi connectivity index (χ4v) is 1.60. The van der Waals surface area contributed by atoms with Crippen LogP contribution in [0.1, 0.15) is 24.8 Å². The van der Waals surface area contributed by atoms with Crippen molar-refractivity contribution in [2.45, 2.75) is 25.7 Å². The van der Waals surface area contributed by atoms with Gasteiger partial charge in [-0.2, -0.15) is 0 Å². The molecule has 0 saturated heterocycles. The van der Waals surface area contributed by atoms with Crippen LogP contribution >= 0.6 is 0 Å². The molecule has 0 atom stereocenters. The van der Waals surface area contributed by atoms with Gasteiger partial charge in [-0.25, -0.2) is 9.18 Å². The molecular formula is C14H17FN2O4. The molecule has 3 N–H and O–H groups in total. The molecule has 1 rings (SSSR count). The number of imide groups is 1. The lowest BCUT2D eigenvalue weighted by Crippen LogP contribution is -2.40. The van der Waals surface area contributed by atoms with E-state index in [-0.39, 0.29) is 25.1 Å². The molecule has 6 nitrogen and oxygen atoms in total. The standard InChI is InChI=1S/C14H17FN2O4/c15-11-6-4-10(5-7-11)8-9-16-14(21)17-12(18)2-1-3-13(19)20/h4-7H,1-3,8-9H2,(H,19,20)(H2,16,17,18,21). The first-order valence-electron chi connectivity index (χ1n) is 6.51. The SMILES string of the molecule is O=C(O)CCCC(=O)NC(=O)NCCc1ccc(F)cc1. The number of amides is 3. The van der Waals surface area contributed by atoms with Gasteiger partial charge < -0.3 is 10.4 Å². The molecule has 3 amide bonds. The first-order valence-corrected chi connectivity index (χ1v) is 6.51. The van der Waals surface area contributed by atoms with Gasteiger partial charge in [-0.3, -0.25) is 14.9 Å². The molecule has 0 aliphatic heterocycles. The highest BCUT2D eigenvalue weighted by molar-refractivity contribution is 5.94. The summed E-state index contributed by atoms with van der Waals surface area (Å²) in [5.41, 5.74) is 0.865. The van der Waals surface area contributed by atoms with Crippen LogP contribution in [0.2, 0.25) is 0 Å². The van der Waals surface area contributed by atoms with Crippen molar-refractivity contribution in [3.05, 3.63) is 35.6 Å². The molecule has 0 aromatic heterocycles. The summed E-state index contributed by atoms with van der Waals surface area (Å²) in [7, 11) is 0. The quantitative estimate of drug-likeness (QED) is 0.709. The molecule has 1 aromatic carbocycles. The third-order valence-corrected chi connectivity index (χ3v) is 2.66. The van der Waals surface area contributed by atoms with E-state index in [9.17, 15) is 18.8 Å². The molecule has 7 heteroatoms. The van der Waals surface area contributed by atoms with Gasteiger partial charge in [0.1, 0.15) is 5.82 Å². The van der Waals surface area contributed by atoms with E-state index in [2.05, 4.69) is 10.6 Å². The van der Waals surface area contributed by atoms with Gasteiger partial charge in [-0.1, -0.05) is 12.1 Å². The number of hydrogen-bond donors (Lipinski definition) is 3. The fraction of sp³-hybridized carbons (Fsp3) is 0.357. The number of hydrogen-bond acceptors (Lipinski definition) is 3. The zero-order chi connectivity index (χ0) is 15.7. The van der Waals surface area contributed by atoms with Crippen LogP contribution in [0, 0.1) is 5.82 Å². The monoisotopic (exact) mass is 296 g/mol. The molecule has 0 heterocycles. The lowest BCUT2D eigenvalue weighted by molar-refractivity contribution is -0.137. The summed E-state index contributed by atoms with van der Waals surface area (Å²) in [5.74, 6) is -1.82. The molecule has 0 radical (unpaired) electrons. The number of carbonyl (C=O) groups is 3. The Morgan fingerprint density at radius 3 is 2.38 bits per heavy atom. The first kappa shape index (κ1) is 16.6. The first-order chi connectivity index (χ1) is 9.97. The Morgan fingerprint density at radius 1 is 1.10 bits per heavy atom. The second-order valence-corrected chi connectivity index (χ2v) is 4.43. The van der Waals surface area contributed by atoms with Gasteiger partial charge >= 0.3 is 12.0 Å². The van der Waals surface area contributed by atoms with Gasteiger partial charge in [0.05, 0.1) is 0 Å².